The Bertz CT molecular complexity index is 1120. The Morgan fingerprint density at radius 1 is 0.897 bits per heavy atom. The molecule has 2 aromatic carbocycles. The average molecular weight is 380 g/mol. The summed E-state index contributed by atoms with van der Waals surface area (Å²) in [5.41, 5.74) is 5.14. The van der Waals surface area contributed by atoms with Crippen LogP contribution in [-0.4, -0.2) is 21.7 Å². The first-order valence-electron chi connectivity index (χ1n) is 10.1. The van der Waals surface area contributed by atoms with Gasteiger partial charge < -0.3 is 0 Å². The van der Waals surface area contributed by atoms with Crippen molar-refractivity contribution >= 4 is 11.8 Å². The molecule has 3 aromatic rings. The van der Waals surface area contributed by atoms with Crippen molar-refractivity contribution in [3.05, 3.63) is 101 Å². The van der Waals surface area contributed by atoms with Gasteiger partial charge in [-0.15, -0.1) is 0 Å². The van der Waals surface area contributed by atoms with Crippen LogP contribution in [0.25, 0.3) is 0 Å². The number of hydrogen-bond donors (Lipinski definition) is 0. The number of carbonyl (C=O) groups excluding carboxylic acids is 2. The Morgan fingerprint density at radius 3 is 2.17 bits per heavy atom. The first-order valence-corrected chi connectivity index (χ1v) is 10.1. The minimum atomic E-state index is -0.497. The van der Waals surface area contributed by atoms with Crippen LogP contribution in [0.5, 0.6) is 0 Å². The molecular weight excluding hydrogens is 360 g/mol. The van der Waals surface area contributed by atoms with Gasteiger partial charge in [0.15, 0.2) is 0 Å². The summed E-state index contributed by atoms with van der Waals surface area (Å²) < 4.78 is 0. The lowest BCUT2D eigenvalue weighted by Gasteiger charge is -2.52. The minimum Gasteiger partial charge on any atom is -0.277 e. The molecule has 2 atom stereocenters. The molecule has 2 heterocycles. The molecule has 2 amide bonds. The highest BCUT2D eigenvalue weighted by molar-refractivity contribution is 6.08. The maximum Gasteiger partial charge on any atom is 0.234 e. The molecule has 142 valence electrons. The molecule has 4 aliphatic rings. The molecule has 0 spiro atoms. The Hall–Kier alpha value is -3.27. The number of amides is 2. The van der Waals surface area contributed by atoms with E-state index in [9.17, 15) is 9.59 Å². The normalized spacial score (nSPS) is 28.9. The van der Waals surface area contributed by atoms with Gasteiger partial charge in [-0.3, -0.25) is 19.5 Å². The van der Waals surface area contributed by atoms with Gasteiger partial charge in [0, 0.05) is 23.7 Å². The summed E-state index contributed by atoms with van der Waals surface area (Å²) in [5, 5.41) is 0. The molecule has 1 fully saturated rings. The highest BCUT2D eigenvalue weighted by atomic mass is 16.2. The highest BCUT2D eigenvalue weighted by Crippen LogP contribution is 2.63. The Morgan fingerprint density at radius 2 is 1.55 bits per heavy atom. The Balaban J connectivity index is 1.55. The summed E-state index contributed by atoms with van der Waals surface area (Å²) in [6.45, 7) is 2.43. The van der Waals surface area contributed by atoms with E-state index in [4.69, 9.17) is 0 Å². The summed E-state index contributed by atoms with van der Waals surface area (Å²) in [7, 11) is 0. The SMILES string of the molecule is CC12c3ccccc3C(c3ccccc31)[C@H]1C(=O)N(Cc3cccnc3)C(=O)[C@H]12. The van der Waals surface area contributed by atoms with Gasteiger partial charge in [-0.05, 0) is 33.9 Å². The van der Waals surface area contributed by atoms with Crippen molar-refractivity contribution in [2.24, 2.45) is 11.8 Å². The molecule has 4 heteroatoms. The van der Waals surface area contributed by atoms with Crippen molar-refractivity contribution in [2.45, 2.75) is 24.8 Å². The summed E-state index contributed by atoms with van der Waals surface area (Å²) >= 11 is 0. The molecule has 1 saturated heterocycles. The van der Waals surface area contributed by atoms with E-state index >= 15 is 0 Å². The number of carbonyl (C=O) groups is 2. The number of hydrogen-bond acceptors (Lipinski definition) is 3. The van der Waals surface area contributed by atoms with Crippen molar-refractivity contribution in [2.75, 3.05) is 0 Å². The van der Waals surface area contributed by atoms with Crippen LogP contribution in [0, 0.1) is 11.8 Å². The fraction of sp³-hybridized carbons (Fsp3) is 0.240. The van der Waals surface area contributed by atoms with Crippen molar-refractivity contribution in [3.63, 3.8) is 0 Å². The van der Waals surface area contributed by atoms with Crippen molar-refractivity contribution < 1.29 is 9.59 Å². The smallest absolute Gasteiger partial charge is 0.234 e. The predicted molar refractivity (Wildman–Crippen MR) is 108 cm³/mol. The van der Waals surface area contributed by atoms with Crippen molar-refractivity contribution in [1.82, 2.24) is 9.88 Å². The van der Waals surface area contributed by atoms with Gasteiger partial charge in [-0.2, -0.15) is 0 Å². The standard InChI is InChI=1S/C25H20N2O2/c1-25-18-10-4-2-8-16(18)20(17-9-3-5-11-19(17)25)21-22(25)24(29)27(23(21)28)14-15-7-6-12-26-13-15/h2-13,20-22H,14H2,1H3/t20?,21-,22+,25?/m1/s1. The van der Waals surface area contributed by atoms with Gasteiger partial charge >= 0.3 is 0 Å². The van der Waals surface area contributed by atoms with Gasteiger partial charge in [-0.25, -0.2) is 0 Å². The number of benzene rings is 2. The average Bonchev–Trinajstić information content (AvgIpc) is 3.01. The number of aromatic nitrogens is 1. The van der Waals surface area contributed by atoms with Gasteiger partial charge in [0.05, 0.1) is 18.4 Å². The van der Waals surface area contributed by atoms with Crippen LogP contribution < -0.4 is 0 Å². The lowest BCUT2D eigenvalue weighted by molar-refractivity contribution is -0.140. The Kier molecular flexibility index (Phi) is 3.24. The number of imide groups is 1. The Labute approximate surface area is 169 Å². The summed E-state index contributed by atoms with van der Waals surface area (Å²) in [4.78, 5) is 32.9. The lowest BCUT2D eigenvalue weighted by atomic mass is 9.48. The first-order chi connectivity index (χ1) is 14.1. The zero-order valence-corrected chi connectivity index (χ0v) is 16.1. The molecule has 1 aromatic heterocycles. The van der Waals surface area contributed by atoms with Crippen LogP contribution in [0.15, 0.2) is 73.1 Å². The van der Waals surface area contributed by atoms with Crippen molar-refractivity contribution in [1.29, 1.82) is 0 Å². The largest absolute Gasteiger partial charge is 0.277 e. The van der Waals surface area contributed by atoms with Gasteiger partial charge in [-0.1, -0.05) is 61.5 Å². The van der Waals surface area contributed by atoms with E-state index in [1.165, 1.54) is 27.2 Å². The van der Waals surface area contributed by atoms with E-state index in [1.54, 1.807) is 12.4 Å². The third-order valence-corrected chi connectivity index (χ3v) is 7.20. The molecule has 0 unspecified atom stereocenters. The fourth-order valence-electron chi connectivity index (χ4n) is 6.04. The number of pyridine rings is 1. The maximum absolute atomic E-state index is 13.7. The van der Waals surface area contributed by atoms with E-state index < -0.39 is 5.41 Å². The molecule has 7 rings (SSSR count). The van der Waals surface area contributed by atoms with Crippen LogP contribution in [0.3, 0.4) is 0 Å². The van der Waals surface area contributed by atoms with Crippen LogP contribution in [0.1, 0.15) is 40.7 Å². The second-order valence-corrected chi connectivity index (χ2v) is 8.48. The zero-order valence-electron chi connectivity index (χ0n) is 16.1. The number of rotatable bonds is 2. The van der Waals surface area contributed by atoms with E-state index in [0.29, 0.717) is 0 Å². The lowest BCUT2D eigenvalue weighted by Crippen LogP contribution is -2.51. The topological polar surface area (TPSA) is 50.3 Å². The molecule has 0 saturated carbocycles. The quantitative estimate of drug-likeness (QED) is 0.638. The monoisotopic (exact) mass is 380 g/mol. The minimum absolute atomic E-state index is 0.0518. The zero-order chi connectivity index (χ0) is 19.8. The van der Waals surface area contributed by atoms with Gasteiger partial charge in [0.1, 0.15) is 0 Å². The van der Waals surface area contributed by atoms with Crippen LogP contribution in [0.4, 0.5) is 0 Å². The molecule has 2 bridgehead atoms. The predicted octanol–water partition coefficient (Wildman–Crippen LogP) is 3.65. The van der Waals surface area contributed by atoms with E-state index in [2.05, 4.69) is 36.2 Å². The molecule has 0 radical (unpaired) electrons. The molecule has 1 aliphatic heterocycles. The summed E-state index contributed by atoms with van der Waals surface area (Å²) in [6, 6.07) is 20.4. The third kappa shape index (κ3) is 1.96. The summed E-state index contributed by atoms with van der Waals surface area (Å²) in [6.07, 6.45) is 3.42. The second kappa shape index (κ2) is 5.63. The fourth-order valence-corrected chi connectivity index (χ4v) is 6.04. The highest BCUT2D eigenvalue weighted by Gasteiger charge is 2.66. The van der Waals surface area contributed by atoms with Gasteiger partial charge in [0.2, 0.25) is 11.8 Å². The van der Waals surface area contributed by atoms with E-state index in [-0.39, 0.29) is 36.1 Å². The molecule has 3 aliphatic carbocycles. The summed E-state index contributed by atoms with van der Waals surface area (Å²) in [5.74, 6) is -0.871. The molecule has 29 heavy (non-hydrogen) atoms. The van der Waals surface area contributed by atoms with Gasteiger partial charge in [0.25, 0.3) is 0 Å². The van der Waals surface area contributed by atoms with Crippen LogP contribution in [-0.2, 0) is 21.5 Å². The molecule has 0 N–H and O–H groups in total. The van der Waals surface area contributed by atoms with Crippen LogP contribution in [0.2, 0.25) is 0 Å². The molecule has 4 nitrogen and oxygen atoms in total. The van der Waals surface area contributed by atoms with E-state index in [1.807, 2.05) is 36.4 Å². The van der Waals surface area contributed by atoms with Crippen LogP contribution >= 0.6 is 0 Å². The van der Waals surface area contributed by atoms with E-state index in [0.717, 1.165) is 5.56 Å². The maximum atomic E-state index is 13.7. The number of likely N-dealkylation sites (tertiary alicyclic amines) is 1. The molecular formula is C25H20N2O2. The number of nitrogens with zero attached hydrogens (tertiary/aromatic N) is 2. The first kappa shape index (κ1) is 16.7. The second-order valence-electron chi connectivity index (χ2n) is 8.48. The third-order valence-electron chi connectivity index (χ3n) is 7.20. The van der Waals surface area contributed by atoms with Crippen molar-refractivity contribution in [3.8, 4) is 0 Å².